The highest BCUT2D eigenvalue weighted by molar-refractivity contribution is 5.82. The smallest absolute Gasteiger partial charge is 0.237 e. The molecule has 1 fully saturated rings. The van der Waals surface area contributed by atoms with Crippen LogP contribution in [0.2, 0.25) is 0 Å². The van der Waals surface area contributed by atoms with Gasteiger partial charge in [-0.05, 0) is 57.2 Å². The van der Waals surface area contributed by atoms with E-state index in [1.807, 2.05) is 19.9 Å². The summed E-state index contributed by atoms with van der Waals surface area (Å²) in [6.45, 7) is 6.65. The molecule has 134 valence electrons. The highest BCUT2D eigenvalue weighted by Crippen LogP contribution is 2.20. The SMILES string of the molecule is Cc1n[nH]c(C)c1CCCNC(=O)[C@@H]1CCCN1Cc1ccccc1. The molecule has 1 aliphatic heterocycles. The second-order valence-corrected chi connectivity index (χ2v) is 6.92. The Bertz CT molecular complexity index is 675. The number of aromatic nitrogens is 2. The number of carbonyl (C=O) groups excluding carboxylic acids is 1. The molecular formula is C20H28N4O. The van der Waals surface area contributed by atoms with E-state index in [1.54, 1.807) is 0 Å². The van der Waals surface area contributed by atoms with Crippen molar-refractivity contribution in [3.05, 3.63) is 52.8 Å². The molecule has 1 aliphatic rings. The molecule has 5 heteroatoms. The molecule has 0 spiro atoms. The van der Waals surface area contributed by atoms with E-state index in [0.29, 0.717) is 0 Å². The van der Waals surface area contributed by atoms with Gasteiger partial charge in [-0.3, -0.25) is 14.8 Å². The Morgan fingerprint density at radius 3 is 2.84 bits per heavy atom. The highest BCUT2D eigenvalue weighted by atomic mass is 16.2. The molecule has 0 aliphatic carbocycles. The van der Waals surface area contributed by atoms with Gasteiger partial charge >= 0.3 is 0 Å². The number of nitrogens with one attached hydrogen (secondary N) is 2. The van der Waals surface area contributed by atoms with Crippen LogP contribution in [0.4, 0.5) is 0 Å². The number of nitrogens with zero attached hydrogens (tertiary/aromatic N) is 2. The first-order valence-electron chi connectivity index (χ1n) is 9.21. The van der Waals surface area contributed by atoms with Gasteiger partial charge in [0.1, 0.15) is 0 Å². The van der Waals surface area contributed by atoms with E-state index in [1.165, 1.54) is 11.1 Å². The third kappa shape index (κ3) is 4.48. The Labute approximate surface area is 149 Å². The second-order valence-electron chi connectivity index (χ2n) is 6.92. The van der Waals surface area contributed by atoms with Gasteiger partial charge < -0.3 is 5.32 Å². The summed E-state index contributed by atoms with van der Waals surface area (Å²) < 4.78 is 0. The summed E-state index contributed by atoms with van der Waals surface area (Å²) >= 11 is 0. The molecule has 0 saturated carbocycles. The van der Waals surface area contributed by atoms with Gasteiger partial charge in [-0.25, -0.2) is 0 Å². The van der Waals surface area contributed by atoms with Crippen molar-refractivity contribution in [1.29, 1.82) is 0 Å². The van der Waals surface area contributed by atoms with Crippen LogP contribution < -0.4 is 5.32 Å². The summed E-state index contributed by atoms with van der Waals surface area (Å²) in [4.78, 5) is 14.9. The summed E-state index contributed by atoms with van der Waals surface area (Å²) in [6, 6.07) is 10.4. The molecule has 1 atom stereocenters. The third-order valence-electron chi connectivity index (χ3n) is 5.08. The molecule has 2 aromatic rings. The molecule has 5 nitrogen and oxygen atoms in total. The normalized spacial score (nSPS) is 17.8. The number of aromatic amines is 1. The number of benzene rings is 1. The van der Waals surface area contributed by atoms with E-state index in [9.17, 15) is 4.79 Å². The van der Waals surface area contributed by atoms with Gasteiger partial charge in [0, 0.05) is 18.8 Å². The van der Waals surface area contributed by atoms with Crippen LogP contribution in [0.25, 0.3) is 0 Å². The fourth-order valence-corrected chi connectivity index (χ4v) is 3.67. The van der Waals surface area contributed by atoms with Crippen LogP contribution in [0.15, 0.2) is 30.3 Å². The zero-order valence-corrected chi connectivity index (χ0v) is 15.2. The van der Waals surface area contributed by atoms with Crippen LogP contribution in [0.3, 0.4) is 0 Å². The summed E-state index contributed by atoms with van der Waals surface area (Å²) in [5.41, 5.74) is 4.75. The van der Waals surface area contributed by atoms with Crippen LogP contribution in [0, 0.1) is 13.8 Å². The maximum absolute atomic E-state index is 12.6. The van der Waals surface area contributed by atoms with Gasteiger partial charge in [0.2, 0.25) is 5.91 Å². The minimum absolute atomic E-state index is 0.0117. The lowest BCUT2D eigenvalue weighted by Crippen LogP contribution is -2.43. The van der Waals surface area contributed by atoms with E-state index in [4.69, 9.17) is 0 Å². The van der Waals surface area contributed by atoms with Crippen molar-refractivity contribution in [3.63, 3.8) is 0 Å². The minimum Gasteiger partial charge on any atom is -0.355 e. The van der Waals surface area contributed by atoms with Crippen molar-refractivity contribution in [2.45, 2.75) is 52.1 Å². The first-order valence-corrected chi connectivity index (χ1v) is 9.21. The molecular weight excluding hydrogens is 312 g/mol. The highest BCUT2D eigenvalue weighted by Gasteiger charge is 2.30. The van der Waals surface area contributed by atoms with Crippen molar-refractivity contribution in [3.8, 4) is 0 Å². The number of likely N-dealkylation sites (tertiary alicyclic amines) is 1. The van der Waals surface area contributed by atoms with Gasteiger partial charge in [0.15, 0.2) is 0 Å². The number of carbonyl (C=O) groups is 1. The number of amides is 1. The summed E-state index contributed by atoms with van der Waals surface area (Å²) in [5, 5.41) is 10.4. The molecule has 0 bridgehead atoms. The van der Waals surface area contributed by atoms with Crippen molar-refractivity contribution in [1.82, 2.24) is 20.4 Å². The molecule has 1 aromatic heterocycles. The summed E-state index contributed by atoms with van der Waals surface area (Å²) in [5.74, 6) is 0.175. The zero-order chi connectivity index (χ0) is 17.6. The average Bonchev–Trinajstić information content (AvgIpc) is 3.20. The lowest BCUT2D eigenvalue weighted by molar-refractivity contribution is -0.125. The molecule has 2 heterocycles. The van der Waals surface area contributed by atoms with Crippen LogP contribution in [0.1, 0.15) is 41.8 Å². The number of aryl methyl sites for hydroxylation is 2. The number of hydrogen-bond donors (Lipinski definition) is 2. The second kappa shape index (κ2) is 8.30. The molecule has 25 heavy (non-hydrogen) atoms. The predicted octanol–water partition coefficient (Wildman–Crippen LogP) is 2.74. The number of hydrogen-bond acceptors (Lipinski definition) is 3. The first-order chi connectivity index (χ1) is 12.1. The molecule has 3 rings (SSSR count). The lowest BCUT2D eigenvalue weighted by atomic mass is 10.1. The van der Waals surface area contributed by atoms with E-state index in [2.05, 4.69) is 44.7 Å². The van der Waals surface area contributed by atoms with Crippen LogP contribution in [-0.4, -0.2) is 40.1 Å². The third-order valence-corrected chi connectivity index (χ3v) is 5.08. The number of rotatable bonds is 7. The van der Waals surface area contributed by atoms with Crippen LogP contribution in [0.5, 0.6) is 0 Å². The lowest BCUT2D eigenvalue weighted by Gasteiger charge is -2.23. The van der Waals surface area contributed by atoms with Gasteiger partial charge in [-0.2, -0.15) is 5.10 Å². The largest absolute Gasteiger partial charge is 0.355 e. The van der Waals surface area contributed by atoms with Crippen molar-refractivity contribution in [2.75, 3.05) is 13.1 Å². The Kier molecular flexibility index (Phi) is 5.87. The molecule has 0 radical (unpaired) electrons. The Hall–Kier alpha value is -2.14. The Balaban J connectivity index is 1.45. The van der Waals surface area contributed by atoms with Gasteiger partial charge in [0.25, 0.3) is 0 Å². The first kappa shape index (κ1) is 17.7. The predicted molar refractivity (Wildman–Crippen MR) is 99.3 cm³/mol. The number of H-pyrrole nitrogens is 1. The van der Waals surface area contributed by atoms with E-state index in [-0.39, 0.29) is 11.9 Å². The maximum Gasteiger partial charge on any atom is 0.237 e. The van der Waals surface area contributed by atoms with E-state index < -0.39 is 0 Å². The molecule has 2 N–H and O–H groups in total. The Morgan fingerprint density at radius 1 is 1.32 bits per heavy atom. The van der Waals surface area contributed by atoms with Crippen molar-refractivity contribution >= 4 is 5.91 Å². The molecule has 1 aromatic carbocycles. The summed E-state index contributed by atoms with van der Waals surface area (Å²) in [7, 11) is 0. The van der Waals surface area contributed by atoms with Gasteiger partial charge in [-0.15, -0.1) is 0 Å². The molecule has 1 amide bonds. The molecule has 0 unspecified atom stereocenters. The van der Waals surface area contributed by atoms with Gasteiger partial charge in [0.05, 0.1) is 11.7 Å². The van der Waals surface area contributed by atoms with Crippen LogP contribution in [-0.2, 0) is 17.8 Å². The van der Waals surface area contributed by atoms with Gasteiger partial charge in [-0.1, -0.05) is 30.3 Å². The topological polar surface area (TPSA) is 61.0 Å². The van der Waals surface area contributed by atoms with E-state index in [0.717, 1.165) is 56.7 Å². The summed E-state index contributed by atoms with van der Waals surface area (Å²) in [6.07, 6.45) is 3.95. The average molecular weight is 340 g/mol. The monoisotopic (exact) mass is 340 g/mol. The molecule has 1 saturated heterocycles. The van der Waals surface area contributed by atoms with Crippen molar-refractivity contribution < 1.29 is 4.79 Å². The Morgan fingerprint density at radius 2 is 2.12 bits per heavy atom. The van der Waals surface area contributed by atoms with Crippen LogP contribution >= 0.6 is 0 Å². The fourth-order valence-electron chi connectivity index (χ4n) is 3.67. The standard InChI is InChI=1S/C20H28N4O/c1-15-18(16(2)23-22-15)10-6-12-21-20(25)19-11-7-13-24(19)14-17-8-4-3-5-9-17/h3-5,8-9,19H,6-7,10-14H2,1-2H3,(H,21,25)(H,22,23)/t19-/m0/s1. The van der Waals surface area contributed by atoms with E-state index >= 15 is 0 Å². The minimum atomic E-state index is 0.0117. The fraction of sp³-hybridized carbons (Fsp3) is 0.500. The maximum atomic E-state index is 12.6. The van der Waals surface area contributed by atoms with Crippen molar-refractivity contribution in [2.24, 2.45) is 0 Å². The zero-order valence-electron chi connectivity index (χ0n) is 15.2. The quantitative estimate of drug-likeness (QED) is 0.762.